The van der Waals surface area contributed by atoms with Gasteiger partial charge in [-0.05, 0) is 37.3 Å². The lowest BCUT2D eigenvalue weighted by Crippen LogP contribution is -2.23. The first-order valence-electron chi connectivity index (χ1n) is 9.37. The van der Waals surface area contributed by atoms with Crippen molar-refractivity contribution < 1.29 is 0 Å². The van der Waals surface area contributed by atoms with E-state index in [9.17, 15) is 0 Å². The molecule has 3 aromatic rings. The van der Waals surface area contributed by atoms with Crippen LogP contribution >= 0.6 is 11.3 Å². The Balaban J connectivity index is 1.92. The zero-order valence-corrected chi connectivity index (χ0v) is 16.3. The minimum Gasteiger partial charge on any atom is -0.382 e. The Bertz CT molecular complexity index is 833. The molecule has 0 fully saturated rings. The fraction of sp³-hybridized carbons (Fsp3) is 0.579. The van der Waals surface area contributed by atoms with Gasteiger partial charge in [0.25, 0.3) is 0 Å². The molecule has 0 radical (unpaired) electrons. The fourth-order valence-corrected chi connectivity index (χ4v) is 4.10. The Morgan fingerprint density at radius 2 is 2.08 bits per heavy atom. The van der Waals surface area contributed by atoms with E-state index < -0.39 is 0 Å². The standard InChI is InChI=1S/C19H29N5S/c1-4-5-8-15-23-16-17(18-14(9-12-25-18)22-19(16)20)24(15)11-7-6-10-21-13(2)3/h9,12-13,21H,4-8,10-11H2,1-3H3,(H2,20,22). The minimum atomic E-state index is 0.547. The monoisotopic (exact) mass is 359 g/mol. The van der Waals surface area contributed by atoms with Gasteiger partial charge in [0.2, 0.25) is 0 Å². The van der Waals surface area contributed by atoms with Crippen LogP contribution in [0.4, 0.5) is 5.82 Å². The molecule has 5 nitrogen and oxygen atoms in total. The molecule has 0 unspecified atom stereocenters. The quantitative estimate of drug-likeness (QED) is 0.557. The topological polar surface area (TPSA) is 68.8 Å². The van der Waals surface area contributed by atoms with E-state index in [0.717, 1.165) is 49.2 Å². The number of nitrogens with one attached hydrogen (secondary N) is 1. The maximum Gasteiger partial charge on any atom is 0.152 e. The molecule has 0 aliphatic rings. The van der Waals surface area contributed by atoms with Crippen molar-refractivity contribution in [3.63, 3.8) is 0 Å². The summed E-state index contributed by atoms with van der Waals surface area (Å²) in [5.41, 5.74) is 9.25. The largest absolute Gasteiger partial charge is 0.382 e. The number of anilines is 1. The molecule has 0 aliphatic heterocycles. The zero-order chi connectivity index (χ0) is 17.8. The molecular formula is C19H29N5S. The van der Waals surface area contributed by atoms with Gasteiger partial charge >= 0.3 is 0 Å². The van der Waals surface area contributed by atoms with E-state index in [-0.39, 0.29) is 0 Å². The number of aryl methyl sites for hydroxylation is 2. The van der Waals surface area contributed by atoms with Gasteiger partial charge in [-0.3, -0.25) is 0 Å². The van der Waals surface area contributed by atoms with Crippen molar-refractivity contribution in [1.29, 1.82) is 0 Å². The van der Waals surface area contributed by atoms with E-state index >= 15 is 0 Å². The number of aromatic nitrogens is 3. The van der Waals surface area contributed by atoms with Crippen LogP contribution in [0.1, 0.15) is 52.3 Å². The molecule has 0 spiro atoms. The number of nitrogen functional groups attached to an aromatic ring is 1. The van der Waals surface area contributed by atoms with E-state index in [4.69, 9.17) is 10.7 Å². The number of nitrogens with zero attached hydrogens (tertiary/aromatic N) is 3. The van der Waals surface area contributed by atoms with Gasteiger partial charge in [-0.15, -0.1) is 11.3 Å². The van der Waals surface area contributed by atoms with Crippen molar-refractivity contribution in [3.8, 4) is 0 Å². The summed E-state index contributed by atoms with van der Waals surface area (Å²) in [5, 5.41) is 5.58. The number of imidazole rings is 1. The SMILES string of the molecule is CCCCc1nc2c(N)nc3ccsc3c2n1CCCCNC(C)C. The fourth-order valence-electron chi connectivity index (χ4n) is 3.21. The lowest BCUT2D eigenvalue weighted by atomic mass is 10.2. The van der Waals surface area contributed by atoms with Gasteiger partial charge in [-0.25, -0.2) is 9.97 Å². The third-order valence-corrected chi connectivity index (χ3v) is 5.42. The van der Waals surface area contributed by atoms with Crippen molar-refractivity contribution in [2.75, 3.05) is 12.3 Å². The molecule has 0 saturated heterocycles. The highest BCUT2D eigenvalue weighted by Gasteiger charge is 2.17. The van der Waals surface area contributed by atoms with Crippen LogP contribution in [-0.4, -0.2) is 27.1 Å². The van der Waals surface area contributed by atoms with Gasteiger partial charge in [0, 0.05) is 19.0 Å². The molecule has 3 heterocycles. The highest BCUT2D eigenvalue weighted by molar-refractivity contribution is 7.18. The average Bonchev–Trinajstić information content (AvgIpc) is 3.17. The molecule has 136 valence electrons. The number of unbranched alkanes of at least 4 members (excludes halogenated alkanes) is 2. The van der Waals surface area contributed by atoms with Crippen molar-refractivity contribution in [1.82, 2.24) is 19.9 Å². The van der Waals surface area contributed by atoms with Crippen LogP contribution in [0.15, 0.2) is 11.4 Å². The molecule has 6 heteroatoms. The summed E-state index contributed by atoms with van der Waals surface area (Å²) in [6.07, 6.45) is 5.63. The number of pyridine rings is 1. The number of thiophene rings is 1. The Morgan fingerprint density at radius 1 is 1.24 bits per heavy atom. The van der Waals surface area contributed by atoms with Gasteiger partial charge in [0.15, 0.2) is 5.82 Å². The smallest absolute Gasteiger partial charge is 0.152 e. The van der Waals surface area contributed by atoms with Crippen LogP contribution in [0.5, 0.6) is 0 Å². The maximum absolute atomic E-state index is 6.21. The first-order chi connectivity index (χ1) is 12.1. The van der Waals surface area contributed by atoms with Crippen molar-refractivity contribution in [2.24, 2.45) is 0 Å². The van der Waals surface area contributed by atoms with E-state index in [0.29, 0.717) is 11.9 Å². The molecular weight excluding hydrogens is 330 g/mol. The molecule has 0 atom stereocenters. The van der Waals surface area contributed by atoms with Gasteiger partial charge in [0.1, 0.15) is 11.3 Å². The molecule has 3 rings (SSSR count). The summed E-state index contributed by atoms with van der Waals surface area (Å²) in [6.45, 7) is 8.65. The van der Waals surface area contributed by atoms with E-state index in [2.05, 4.69) is 41.0 Å². The van der Waals surface area contributed by atoms with Gasteiger partial charge < -0.3 is 15.6 Å². The number of hydrogen-bond donors (Lipinski definition) is 2. The summed E-state index contributed by atoms with van der Waals surface area (Å²) in [5.74, 6) is 1.71. The second kappa shape index (κ2) is 8.15. The molecule has 0 amide bonds. The Hall–Kier alpha value is -1.66. The molecule has 0 saturated carbocycles. The lowest BCUT2D eigenvalue weighted by Gasteiger charge is -2.11. The Labute approximate surface area is 153 Å². The first kappa shape index (κ1) is 18.1. The second-order valence-electron chi connectivity index (χ2n) is 6.93. The second-order valence-corrected chi connectivity index (χ2v) is 7.84. The Morgan fingerprint density at radius 3 is 2.84 bits per heavy atom. The van der Waals surface area contributed by atoms with Crippen LogP contribution in [0.25, 0.3) is 21.3 Å². The molecule has 0 aromatic carbocycles. The van der Waals surface area contributed by atoms with Crippen molar-refractivity contribution in [2.45, 2.75) is 65.5 Å². The van der Waals surface area contributed by atoms with Crippen molar-refractivity contribution >= 4 is 38.4 Å². The van der Waals surface area contributed by atoms with Crippen LogP contribution < -0.4 is 11.1 Å². The predicted molar refractivity (Wildman–Crippen MR) is 108 cm³/mol. The highest BCUT2D eigenvalue weighted by Crippen LogP contribution is 2.32. The van der Waals surface area contributed by atoms with Gasteiger partial charge in [0.05, 0.1) is 15.7 Å². The summed E-state index contributed by atoms with van der Waals surface area (Å²) in [7, 11) is 0. The summed E-state index contributed by atoms with van der Waals surface area (Å²) in [6, 6.07) is 2.59. The van der Waals surface area contributed by atoms with Crippen LogP contribution in [0.2, 0.25) is 0 Å². The zero-order valence-electron chi connectivity index (χ0n) is 15.5. The molecule has 3 N–H and O–H groups in total. The summed E-state index contributed by atoms with van der Waals surface area (Å²) < 4.78 is 3.61. The molecule has 25 heavy (non-hydrogen) atoms. The van der Waals surface area contributed by atoms with E-state index in [1.54, 1.807) is 11.3 Å². The predicted octanol–water partition coefficient (Wildman–Crippen LogP) is 4.35. The number of fused-ring (bicyclic) bond motifs is 3. The summed E-state index contributed by atoms with van der Waals surface area (Å²) in [4.78, 5) is 9.40. The van der Waals surface area contributed by atoms with Crippen LogP contribution in [0, 0.1) is 0 Å². The average molecular weight is 360 g/mol. The lowest BCUT2D eigenvalue weighted by molar-refractivity contribution is 0.527. The Kier molecular flexibility index (Phi) is 5.91. The number of hydrogen-bond acceptors (Lipinski definition) is 5. The van der Waals surface area contributed by atoms with Gasteiger partial charge in [-0.1, -0.05) is 27.2 Å². The number of nitrogens with two attached hydrogens (primary N) is 1. The van der Waals surface area contributed by atoms with Gasteiger partial charge in [-0.2, -0.15) is 0 Å². The van der Waals surface area contributed by atoms with E-state index in [1.165, 1.54) is 23.1 Å². The number of rotatable bonds is 9. The van der Waals surface area contributed by atoms with E-state index in [1.807, 2.05) is 6.07 Å². The van der Waals surface area contributed by atoms with Crippen LogP contribution in [0.3, 0.4) is 0 Å². The first-order valence-corrected chi connectivity index (χ1v) is 10.2. The highest BCUT2D eigenvalue weighted by atomic mass is 32.1. The van der Waals surface area contributed by atoms with Crippen LogP contribution in [-0.2, 0) is 13.0 Å². The molecule has 0 bridgehead atoms. The molecule has 3 aromatic heterocycles. The summed E-state index contributed by atoms with van der Waals surface area (Å²) >= 11 is 1.73. The third-order valence-electron chi connectivity index (χ3n) is 4.50. The van der Waals surface area contributed by atoms with Crippen molar-refractivity contribution in [3.05, 3.63) is 17.3 Å². The molecule has 0 aliphatic carbocycles. The normalized spacial score (nSPS) is 12.0. The maximum atomic E-state index is 6.21. The third kappa shape index (κ3) is 3.96. The minimum absolute atomic E-state index is 0.547.